The first-order valence-electron chi connectivity index (χ1n) is 5.18. The summed E-state index contributed by atoms with van der Waals surface area (Å²) in [6.45, 7) is 0. The number of nitrogens with one attached hydrogen (secondary N) is 2. The molecule has 5 N–H and O–H groups in total. The van der Waals surface area contributed by atoms with Crippen molar-refractivity contribution in [3.63, 3.8) is 0 Å². The molecular weight excluding hydrogens is 306 g/mol. The fraction of sp³-hybridized carbons (Fsp3) is 0. The van der Waals surface area contributed by atoms with Gasteiger partial charge in [0.25, 0.3) is 5.69 Å². The molecule has 0 radical (unpaired) electrons. The molecule has 0 bridgehead atoms. The van der Waals surface area contributed by atoms with E-state index in [1.165, 1.54) is 6.07 Å². The maximum atomic E-state index is 13.8. The number of benzene rings is 1. The molecule has 0 unspecified atom stereocenters. The lowest BCUT2D eigenvalue weighted by molar-refractivity contribution is -0.384. The van der Waals surface area contributed by atoms with E-state index in [9.17, 15) is 23.7 Å². The minimum atomic E-state index is -1.91. The first-order chi connectivity index (χ1) is 10.2. The largest absolute Gasteiger partial charge is 0.478 e. The van der Waals surface area contributed by atoms with Crippen LogP contribution in [0.2, 0.25) is 0 Å². The highest BCUT2D eigenvalue weighted by atomic mass is 19.2. The summed E-state index contributed by atoms with van der Waals surface area (Å²) in [6, 6.07) is 1.63. The fourth-order valence-electron chi connectivity index (χ4n) is 1.28. The van der Waals surface area contributed by atoms with Crippen LogP contribution in [0.1, 0.15) is 10.4 Å². The fourth-order valence-corrected chi connectivity index (χ4v) is 1.28. The molecule has 0 saturated heterocycles. The second-order valence-electron chi connectivity index (χ2n) is 3.61. The molecule has 12 heteroatoms. The number of anilines is 1. The number of nitrogens with zero attached hydrogens (tertiary/aromatic N) is 3. The van der Waals surface area contributed by atoms with Crippen LogP contribution in [-0.4, -0.2) is 27.5 Å². The summed E-state index contributed by atoms with van der Waals surface area (Å²) in [7, 11) is 0. The van der Waals surface area contributed by atoms with E-state index in [0.717, 1.165) is 0 Å². The number of nitriles is 1. The van der Waals surface area contributed by atoms with Crippen LogP contribution in [0, 0.1) is 38.5 Å². The highest BCUT2D eigenvalue weighted by molar-refractivity contribution is 6.45. The van der Waals surface area contributed by atoms with Crippen LogP contribution in [0.4, 0.5) is 20.2 Å². The minimum Gasteiger partial charge on any atom is -0.478 e. The van der Waals surface area contributed by atoms with Crippen LogP contribution in [0.15, 0.2) is 11.2 Å². The average molecular weight is 312 g/mol. The van der Waals surface area contributed by atoms with Crippen molar-refractivity contribution < 1.29 is 23.6 Å². The number of nitro groups is 1. The maximum absolute atomic E-state index is 13.8. The van der Waals surface area contributed by atoms with E-state index < -0.39 is 51.0 Å². The van der Waals surface area contributed by atoms with E-state index in [4.69, 9.17) is 21.5 Å². The number of carboxylic acid groups (broad SMARTS) is 1. The van der Waals surface area contributed by atoms with Gasteiger partial charge < -0.3 is 10.8 Å². The molecule has 0 heterocycles. The van der Waals surface area contributed by atoms with Gasteiger partial charge in [-0.1, -0.05) is 0 Å². The molecule has 114 valence electrons. The Morgan fingerprint density at radius 1 is 1.55 bits per heavy atom. The number of hydrogen-bond donors (Lipinski definition) is 4. The number of nitrogens with two attached hydrogens (primary N) is 1. The number of halogens is 2. The second kappa shape index (κ2) is 6.22. The van der Waals surface area contributed by atoms with E-state index in [-0.39, 0.29) is 0 Å². The molecule has 1 aromatic carbocycles. The monoisotopic (exact) mass is 312 g/mol. The molecular formula is C10H6F2N6O4. The number of aromatic carboxylic acids is 1. The normalized spacial score (nSPS) is 10.7. The highest BCUT2D eigenvalue weighted by Gasteiger charge is 2.28. The van der Waals surface area contributed by atoms with Gasteiger partial charge >= 0.3 is 5.97 Å². The lowest BCUT2D eigenvalue weighted by Crippen LogP contribution is -2.22. The Balaban J connectivity index is 3.51. The number of amidine groups is 1. The molecule has 0 aliphatic carbocycles. The van der Waals surface area contributed by atoms with Gasteiger partial charge in [0.05, 0.1) is 4.92 Å². The molecule has 0 atom stereocenters. The summed E-state index contributed by atoms with van der Waals surface area (Å²) in [4.78, 5) is 20.3. The zero-order valence-electron chi connectivity index (χ0n) is 10.4. The number of hydrogen-bond acceptors (Lipinski definition) is 7. The molecule has 1 rings (SSSR count). The lowest BCUT2D eigenvalue weighted by atomic mass is 10.1. The maximum Gasteiger partial charge on any atom is 0.339 e. The van der Waals surface area contributed by atoms with Gasteiger partial charge in [0.2, 0.25) is 5.71 Å². The molecule has 0 aliphatic rings. The third-order valence-electron chi connectivity index (χ3n) is 2.25. The summed E-state index contributed by atoms with van der Waals surface area (Å²) < 4.78 is 27.3. The zero-order chi connectivity index (χ0) is 17.0. The van der Waals surface area contributed by atoms with E-state index in [0.29, 0.717) is 6.07 Å². The number of hydrazone groups is 1. The van der Waals surface area contributed by atoms with E-state index in [2.05, 4.69) is 5.10 Å². The second-order valence-corrected chi connectivity index (χ2v) is 3.61. The molecule has 1 aromatic rings. The molecule has 0 aliphatic heterocycles. The summed E-state index contributed by atoms with van der Waals surface area (Å²) in [6.07, 6.45) is 0. The highest BCUT2D eigenvalue weighted by Crippen LogP contribution is 2.31. The number of carbonyl (C=O) groups is 1. The van der Waals surface area contributed by atoms with Gasteiger partial charge in [-0.2, -0.15) is 10.4 Å². The minimum absolute atomic E-state index is 0.290. The van der Waals surface area contributed by atoms with Crippen molar-refractivity contribution >= 4 is 28.9 Å². The first-order valence-corrected chi connectivity index (χ1v) is 5.18. The molecule has 0 fully saturated rings. The third-order valence-corrected chi connectivity index (χ3v) is 2.25. The molecule has 0 spiro atoms. The molecule has 22 heavy (non-hydrogen) atoms. The van der Waals surface area contributed by atoms with Gasteiger partial charge in [0, 0.05) is 6.07 Å². The summed E-state index contributed by atoms with van der Waals surface area (Å²) in [5.41, 5.74) is 2.43. The predicted molar refractivity (Wildman–Crippen MR) is 68.6 cm³/mol. The molecule has 0 saturated carbocycles. The van der Waals surface area contributed by atoms with Gasteiger partial charge in [-0.25, -0.2) is 13.6 Å². The SMILES string of the molecule is N#C/C(=N\Nc1c([N+](=O)[O-])cc(C(=O)O)c(F)c1F)C(=N)N. The Bertz CT molecular complexity index is 755. The van der Waals surface area contributed by atoms with Crippen molar-refractivity contribution in [1.82, 2.24) is 0 Å². The van der Waals surface area contributed by atoms with Crippen LogP contribution in [0.25, 0.3) is 0 Å². The van der Waals surface area contributed by atoms with Crippen LogP contribution >= 0.6 is 0 Å². The van der Waals surface area contributed by atoms with E-state index in [1.807, 2.05) is 0 Å². The first kappa shape index (κ1) is 16.4. The van der Waals surface area contributed by atoms with Crippen LogP contribution in [-0.2, 0) is 0 Å². The Morgan fingerprint density at radius 3 is 2.55 bits per heavy atom. The Labute approximate surface area is 120 Å². The van der Waals surface area contributed by atoms with E-state index in [1.54, 1.807) is 5.43 Å². The van der Waals surface area contributed by atoms with Crippen molar-refractivity contribution in [2.75, 3.05) is 5.43 Å². The van der Waals surface area contributed by atoms with Crippen molar-refractivity contribution in [2.24, 2.45) is 10.8 Å². The van der Waals surface area contributed by atoms with Crippen LogP contribution < -0.4 is 11.2 Å². The zero-order valence-corrected chi connectivity index (χ0v) is 10.4. The summed E-state index contributed by atoms with van der Waals surface area (Å²) >= 11 is 0. The van der Waals surface area contributed by atoms with Crippen molar-refractivity contribution in [1.29, 1.82) is 10.7 Å². The Morgan fingerprint density at radius 2 is 2.14 bits per heavy atom. The smallest absolute Gasteiger partial charge is 0.339 e. The Kier molecular flexibility index (Phi) is 4.65. The lowest BCUT2D eigenvalue weighted by Gasteiger charge is -2.07. The number of nitro benzene ring substituents is 1. The number of rotatable bonds is 5. The van der Waals surface area contributed by atoms with Crippen molar-refractivity contribution in [2.45, 2.75) is 0 Å². The molecule has 0 aromatic heterocycles. The number of carboxylic acids is 1. The quantitative estimate of drug-likeness (QED) is 0.268. The molecule has 10 nitrogen and oxygen atoms in total. The van der Waals surface area contributed by atoms with Crippen molar-refractivity contribution in [3.05, 3.63) is 33.4 Å². The average Bonchev–Trinajstić information content (AvgIpc) is 2.42. The van der Waals surface area contributed by atoms with Gasteiger partial charge in [-0.05, 0) is 0 Å². The topological polar surface area (TPSA) is 178 Å². The van der Waals surface area contributed by atoms with Gasteiger partial charge in [0.1, 0.15) is 11.6 Å². The van der Waals surface area contributed by atoms with Gasteiger partial charge in [-0.3, -0.25) is 20.9 Å². The third kappa shape index (κ3) is 3.10. The summed E-state index contributed by atoms with van der Waals surface area (Å²) in [5.74, 6) is -6.45. The van der Waals surface area contributed by atoms with Crippen LogP contribution in [0.3, 0.4) is 0 Å². The predicted octanol–water partition coefficient (Wildman–Crippen LogP) is 0.799. The van der Waals surface area contributed by atoms with Crippen molar-refractivity contribution in [3.8, 4) is 6.07 Å². The van der Waals surface area contributed by atoms with Gasteiger partial charge in [-0.15, -0.1) is 0 Å². The van der Waals surface area contributed by atoms with Crippen LogP contribution in [0.5, 0.6) is 0 Å². The summed E-state index contributed by atoms with van der Waals surface area (Å²) in [5, 5.41) is 38.1. The van der Waals surface area contributed by atoms with E-state index >= 15 is 0 Å². The van der Waals surface area contributed by atoms with Gasteiger partial charge in [0.15, 0.2) is 23.2 Å². The standard InChI is InChI=1S/C10H6F2N6O4/c11-6-3(10(19)20)1-5(18(21)22)8(7(6)12)17-16-4(2-13)9(14)15/h1,17H,(H3,14,15)(H,19,20)/b16-4+. The Hall–Kier alpha value is -3.62. The molecule has 0 amide bonds.